The molecule has 1 fully saturated rings. The summed E-state index contributed by atoms with van der Waals surface area (Å²) in [4.78, 5) is 7.71. The maximum atomic E-state index is 13.5. The van der Waals surface area contributed by atoms with Crippen molar-refractivity contribution in [3.63, 3.8) is 0 Å². The van der Waals surface area contributed by atoms with Gasteiger partial charge in [-0.1, -0.05) is 35.5 Å². The van der Waals surface area contributed by atoms with Gasteiger partial charge < -0.3 is 4.84 Å². The third-order valence-corrected chi connectivity index (χ3v) is 5.69. The third kappa shape index (κ3) is 5.60. The normalized spacial score (nSPS) is 14.2. The molecule has 168 valence electrons. The minimum Gasteiger partial charge on any atom is -0.391 e. The van der Waals surface area contributed by atoms with Gasteiger partial charge in [0.25, 0.3) is 0 Å². The van der Waals surface area contributed by atoms with Gasteiger partial charge >= 0.3 is 0 Å². The minimum absolute atomic E-state index is 0.0234. The Morgan fingerprint density at radius 1 is 0.879 bits per heavy atom. The van der Waals surface area contributed by atoms with Gasteiger partial charge in [-0.05, 0) is 53.1 Å². The quantitative estimate of drug-likeness (QED) is 0.452. The first-order chi connectivity index (χ1) is 16.0. The molecule has 1 aliphatic heterocycles. The van der Waals surface area contributed by atoms with Crippen LogP contribution in [0.4, 0.5) is 13.2 Å². The van der Waals surface area contributed by atoms with Crippen molar-refractivity contribution in [2.45, 2.75) is 25.5 Å². The molecule has 1 heterocycles. The van der Waals surface area contributed by atoms with Crippen LogP contribution in [0.15, 0.2) is 71.9 Å². The lowest BCUT2D eigenvalue weighted by Crippen LogP contribution is -2.37. The van der Waals surface area contributed by atoms with E-state index in [2.05, 4.69) is 10.1 Å². The van der Waals surface area contributed by atoms with E-state index in [1.165, 1.54) is 36.4 Å². The number of oxime groups is 1. The summed E-state index contributed by atoms with van der Waals surface area (Å²) in [6.45, 7) is 1.56. The first kappa shape index (κ1) is 22.6. The Hall–Kier alpha value is -3.63. The van der Waals surface area contributed by atoms with Crippen LogP contribution in [-0.2, 0) is 11.4 Å². The van der Waals surface area contributed by atoms with Gasteiger partial charge in [0.2, 0.25) is 0 Å². The molecule has 0 bridgehead atoms. The molecule has 0 aliphatic carbocycles. The zero-order valence-electron chi connectivity index (χ0n) is 17.8. The van der Waals surface area contributed by atoms with Gasteiger partial charge in [0.15, 0.2) is 0 Å². The SMILES string of the molecule is N#Cc1cc(CON=C2CCN(C(c3ccc(F)cc3)c3ccc(F)cc3)CC2)ccc1F. The van der Waals surface area contributed by atoms with E-state index in [0.717, 1.165) is 16.8 Å². The maximum absolute atomic E-state index is 13.5. The molecule has 0 spiro atoms. The average Bonchev–Trinajstić information content (AvgIpc) is 2.83. The second-order valence-corrected chi connectivity index (χ2v) is 7.90. The summed E-state index contributed by atoms with van der Waals surface area (Å²) in [5.41, 5.74) is 3.42. The number of piperidine rings is 1. The first-order valence-corrected chi connectivity index (χ1v) is 10.6. The molecule has 3 aromatic carbocycles. The topological polar surface area (TPSA) is 48.6 Å². The van der Waals surface area contributed by atoms with Gasteiger partial charge in [0.05, 0.1) is 17.3 Å². The number of benzene rings is 3. The summed E-state index contributed by atoms with van der Waals surface area (Å²) >= 11 is 0. The first-order valence-electron chi connectivity index (χ1n) is 10.6. The van der Waals surface area contributed by atoms with Crippen LogP contribution < -0.4 is 0 Å². The van der Waals surface area contributed by atoms with Crippen molar-refractivity contribution in [1.29, 1.82) is 5.26 Å². The van der Waals surface area contributed by atoms with Crippen molar-refractivity contribution in [3.8, 4) is 6.07 Å². The van der Waals surface area contributed by atoms with Gasteiger partial charge in [-0.2, -0.15) is 5.26 Å². The number of nitrogens with zero attached hydrogens (tertiary/aromatic N) is 3. The molecule has 4 nitrogen and oxygen atoms in total. The minimum atomic E-state index is -0.559. The van der Waals surface area contributed by atoms with E-state index in [1.807, 2.05) is 6.07 Å². The van der Waals surface area contributed by atoms with E-state index >= 15 is 0 Å². The second-order valence-electron chi connectivity index (χ2n) is 7.90. The van der Waals surface area contributed by atoms with E-state index in [1.54, 1.807) is 30.3 Å². The fourth-order valence-electron chi connectivity index (χ4n) is 3.98. The molecule has 7 heteroatoms. The van der Waals surface area contributed by atoms with Crippen LogP contribution in [0.1, 0.15) is 41.1 Å². The molecule has 1 saturated heterocycles. The fraction of sp³-hybridized carbons (Fsp3) is 0.231. The van der Waals surface area contributed by atoms with Gasteiger partial charge in [0.1, 0.15) is 30.1 Å². The molecule has 0 amide bonds. The highest BCUT2D eigenvalue weighted by molar-refractivity contribution is 5.85. The second kappa shape index (κ2) is 10.3. The smallest absolute Gasteiger partial charge is 0.142 e. The Balaban J connectivity index is 1.42. The van der Waals surface area contributed by atoms with Gasteiger partial charge in [0, 0.05) is 25.9 Å². The summed E-state index contributed by atoms with van der Waals surface area (Å²) < 4.78 is 40.4. The Morgan fingerprint density at radius 3 is 2.00 bits per heavy atom. The summed E-state index contributed by atoms with van der Waals surface area (Å²) in [5.74, 6) is -1.16. The summed E-state index contributed by atoms with van der Waals surface area (Å²) in [5, 5.41) is 13.2. The zero-order chi connectivity index (χ0) is 23.2. The highest BCUT2D eigenvalue weighted by Gasteiger charge is 2.26. The molecule has 0 radical (unpaired) electrons. The molecule has 3 aromatic rings. The average molecular weight is 449 g/mol. The van der Waals surface area contributed by atoms with Gasteiger partial charge in [-0.15, -0.1) is 0 Å². The molecule has 4 rings (SSSR count). The van der Waals surface area contributed by atoms with Crippen LogP contribution in [0.5, 0.6) is 0 Å². The number of likely N-dealkylation sites (tertiary alicyclic amines) is 1. The van der Waals surface area contributed by atoms with E-state index < -0.39 is 5.82 Å². The Bertz CT molecular complexity index is 1120. The number of hydrogen-bond donors (Lipinski definition) is 0. The van der Waals surface area contributed by atoms with Crippen molar-refractivity contribution in [3.05, 3.63) is 106 Å². The lowest BCUT2D eigenvalue weighted by molar-refractivity contribution is 0.126. The third-order valence-electron chi connectivity index (χ3n) is 5.69. The Kier molecular flexibility index (Phi) is 7.06. The predicted molar refractivity (Wildman–Crippen MR) is 119 cm³/mol. The van der Waals surface area contributed by atoms with Crippen molar-refractivity contribution >= 4 is 5.71 Å². The fourth-order valence-corrected chi connectivity index (χ4v) is 3.98. The molecule has 0 atom stereocenters. The maximum Gasteiger partial charge on any atom is 0.142 e. The van der Waals surface area contributed by atoms with Gasteiger partial charge in [-0.3, -0.25) is 4.90 Å². The van der Waals surface area contributed by atoms with Crippen molar-refractivity contribution < 1.29 is 18.0 Å². The standard InChI is InChI=1S/C26H22F3N3O/c27-22-6-2-19(3-7-22)26(20-4-8-23(28)9-5-20)32-13-11-24(12-14-32)31-33-17-18-1-10-25(29)21(15-18)16-30/h1-10,15,26H,11-14,17H2. The van der Waals surface area contributed by atoms with E-state index in [9.17, 15) is 13.2 Å². The number of hydrogen-bond acceptors (Lipinski definition) is 4. The summed E-state index contributed by atoms with van der Waals surface area (Å²) in [7, 11) is 0. The molecule has 0 aromatic heterocycles. The van der Waals surface area contributed by atoms with Crippen LogP contribution in [0.3, 0.4) is 0 Å². The van der Waals surface area contributed by atoms with E-state index in [0.29, 0.717) is 31.5 Å². The van der Waals surface area contributed by atoms with Crippen LogP contribution in [0.2, 0.25) is 0 Å². The lowest BCUT2D eigenvalue weighted by atomic mass is 9.94. The van der Waals surface area contributed by atoms with Crippen molar-refractivity contribution in [2.24, 2.45) is 5.16 Å². The highest BCUT2D eigenvalue weighted by atomic mass is 19.1. The van der Waals surface area contributed by atoms with Crippen LogP contribution >= 0.6 is 0 Å². The van der Waals surface area contributed by atoms with E-state index in [4.69, 9.17) is 10.1 Å². The van der Waals surface area contributed by atoms with E-state index in [-0.39, 0.29) is 29.8 Å². The van der Waals surface area contributed by atoms with Crippen molar-refractivity contribution in [2.75, 3.05) is 13.1 Å². The lowest BCUT2D eigenvalue weighted by Gasteiger charge is -2.35. The Morgan fingerprint density at radius 2 is 1.45 bits per heavy atom. The number of halogens is 3. The number of rotatable bonds is 6. The molecular weight excluding hydrogens is 427 g/mol. The monoisotopic (exact) mass is 449 g/mol. The number of nitriles is 1. The van der Waals surface area contributed by atoms with Crippen molar-refractivity contribution in [1.82, 2.24) is 4.90 Å². The predicted octanol–water partition coefficient (Wildman–Crippen LogP) is 5.73. The largest absolute Gasteiger partial charge is 0.391 e. The van der Waals surface area contributed by atoms with Gasteiger partial charge in [-0.25, -0.2) is 13.2 Å². The summed E-state index contributed by atoms with van der Waals surface area (Å²) in [6.07, 6.45) is 1.37. The molecular formula is C26H22F3N3O. The molecule has 0 saturated carbocycles. The Labute approximate surface area is 190 Å². The molecule has 33 heavy (non-hydrogen) atoms. The molecule has 1 aliphatic rings. The molecule has 0 N–H and O–H groups in total. The summed E-state index contributed by atoms with van der Waals surface area (Å²) in [6, 6.07) is 18.7. The van der Waals surface area contributed by atoms with Crippen LogP contribution in [-0.4, -0.2) is 23.7 Å². The zero-order valence-corrected chi connectivity index (χ0v) is 17.8. The van der Waals surface area contributed by atoms with Crippen LogP contribution in [0, 0.1) is 28.8 Å². The highest BCUT2D eigenvalue weighted by Crippen LogP contribution is 2.31. The molecule has 0 unspecified atom stereocenters. The van der Waals surface area contributed by atoms with Crippen LogP contribution in [0.25, 0.3) is 0 Å².